The second-order valence-electron chi connectivity index (χ2n) is 7.21. The highest BCUT2D eigenvalue weighted by Crippen LogP contribution is 2.33. The minimum absolute atomic E-state index is 0.214. The van der Waals surface area contributed by atoms with Crippen LogP contribution >= 0.6 is 0 Å². The Hall–Kier alpha value is -2.05. The molecule has 0 aliphatic carbocycles. The van der Waals surface area contributed by atoms with Crippen molar-refractivity contribution in [3.8, 4) is 0 Å². The van der Waals surface area contributed by atoms with Gasteiger partial charge in [-0.3, -0.25) is 0 Å². The van der Waals surface area contributed by atoms with Crippen LogP contribution in [0.5, 0.6) is 0 Å². The molecule has 1 spiro atoms. The number of aromatic nitrogens is 2. The first-order valence-corrected chi connectivity index (χ1v) is 8.91. The Morgan fingerprint density at radius 1 is 1.00 bits per heavy atom. The van der Waals surface area contributed by atoms with Gasteiger partial charge in [-0.15, -0.1) is 0 Å². The van der Waals surface area contributed by atoms with Crippen LogP contribution in [-0.4, -0.2) is 66.3 Å². The first kappa shape index (κ1) is 15.5. The van der Waals surface area contributed by atoms with Crippen LogP contribution in [0.25, 0.3) is 0 Å². The number of rotatable bonds is 2. The van der Waals surface area contributed by atoms with Gasteiger partial charge in [0.1, 0.15) is 23.6 Å². The third kappa shape index (κ3) is 2.87. The van der Waals surface area contributed by atoms with E-state index in [0.29, 0.717) is 13.1 Å². The quantitative estimate of drug-likeness (QED) is 0.825. The summed E-state index contributed by atoms with van der Waals surface area (Å²) in [6, 6.07) is 2.09. The maximum Gasteiger partial charge on any atom is 0.410 e. The normalized spacial score (nSPS) is 27.7. The summed E-state index contributed by atoms with van der Waals surface area (Å²) in [4.78, 5) is 27.0. The minimum atomic E-state index is -0.389. The molecule has 4 heterocycles. The van der Waals surface area contributed by atoms with Crippen molar-refractivity contribution in [2.45, 2.75) is 37.7 Å². The number of carbonyl (C=O) groups is 1. The molecule has 3 aliphatic rings. The third-order valence-corrected chi connectivity index (χ3v) is 5.32. The number of ether oxygens (including phenoxy) is 1. The highest BCUT2D eigenvalue weighted by molar-refractivity contribution is 5.70. The Bertz CT molecular complexity index is 619. The van der Waals surface area contributed by atoms with E-state index in [1.807, 2.05) is 0 Å². The number of anilines is 2. The van der Waals surface area contributed by atoms with E-state index in [0.717, 1.165) is 44.1 Å². The summed E-state index contributed by atoms with van der Waals surface area (Å²) in [6.07, 6.45) is 7.14. The van der Waals surface area contributed by atoms with Gasteiger partial charge < -0.3 is 19.4 Å². The minimum Gasteiger partial charge on any atom is -0.439 e. The van der Waals surface area contributed by atoms with Gasteiger partial charge in [0.15, 0.2) is 0 Å². The molecule has 0 N–H and O–H groups in total. The SMILES string of the molecule is CN1C[C@@]2(CCCN(c3cc(N4CCCCC4)ncn3)C2)OC1=O. The second kappa shape index (κ2) is 6.11. The predicted octanol–water partition coefficient (Wildman–Crippen LogP) is 1.89. The molecule has 4 rings (SSSR count). The highest BCUT2D eigenvalue weighted by Gasteiger charge is 2.46. The van der Waals surface area contributed by atoms with Crippen LogP contribution in [0.2, 0.25) is 0 Å². The van der Waals surface area contributed by atoms with Gasteiger partial charge in [0.2, 0.25) is 0 Å². The number of piperidine rings is 2. The number of carbonyl (C=O) groups excluding carboxylic acids is 1. The molecule has 0 radical (unpaired) electrons. The molecule has 3 fully saturated rings. The van der Waals surface area contributed by atoms with Crippen molar-refractivity contribution in [2.24, 2.45) is 0 Å². The first-order chi connectivity index (χ1) is 11.7. The molecule has 1 aromatic rings. The molecule has 7 nitrogen and oxygen atoms in total. The molecular formula is C17H25N5O2. The molecule has 1 atom stereocenters. The lowest BCUT2D eigenvalue weighted by molar-refractivity contribution is 0.0445. The van der Waals surface area contributed by atoms with Gasteiger partial charge in [-0.2, -0.15) is 0 Å². The zero-order chi connectivity index (χ0) is 16.6. The van der Waals surface area contributed by atoms with Gasteiger partial charge in [-0.25, -0.2) is 14.8 Å². The average molecular weight is 331 g/mol. The standard InChI is InChI=1S/C17H25N5O2/c1-20-11-17(24-16(20)23)6-5-9-22(12-17)15-10-14(18-13-19-15)21-7-3-2-4-8-21/h10,13H,2-9,11-12H2,1H3/t17-/m1/s1. The summed E-state index contributed by atoms with van der Waals surface area (Å²) in [5.74, 6) is 1.95. The van der Waals surface area contributed by atoms with E-state index in [1.54, 1.807) is 18.3 Å². The summed E-state index contributed by atoms with van der Waals surface area (Å²) < 4.78 is 5.69. The van der Waals surface area contributed by atoms with E-state index in [9.17, 15) is 4.79 Å². The van der Waals surface area contributed by atoms with Gasteiger partial charge in [0.25, 0.3) is 0 Å². The molecule has 3 aliphatic heterocycles. The largest absolute Gasteiger partial charge is 0.439 e. The predicted molar refractivity (Wildman–Crippen MR) is 91.4 cm³/mol. The number of amides is 1. The van der Waals surface area contributed by atoms with Gasteiger partial charge >= 0.3 is 6.09 Å². The zero-order valence-electron chi connectivity index (χ0n) is 14.3. The molecule has 0 saturated carbocycles. The molecule has 0 bridgehead atoms. The average Bonchev–Trinajstić information content (AvgIpc) is 2.89. The van der Waals surface area contributed by atoms with Crippen molar-refractivity contribution in [2.75, 3.05) is 49.6 Å². The number of nitrogens with zero attached hydrogens (tertiary/aromatic N) is 5. The van der Waals surface area contributed by atoms with Crippen LogP contribution in [-0.2, 0) is 4.74 Å². The lowest BCUT2D eigenvalue weighted by atomic mass is 9.93. The molecule has 3 saturated heterocycles. The fraction of sp³-hybridized carbons (Fsp3) is 0.706. The monoisotopic (exact) mass is 331 g/mol. The van der Waals surface area contributed by atoms with E-state index in [2.05, 4.69) is 25.8 Å². The molecule has 7 heteroatoms. The summed E-state index contributed by atoms with van der Waals surface area (Å²) in [5.41, 5.74) is -0.389. The Morgan fingerprint density at radius 3 is 2.42 bits per heavy atom. The lowest BCUT2D eigenvalue weighted by Crippen LogP contribution is -2.51. The summed E-state index contributed by atoms with van der Waals surface area (Å²) in [7, 11) is 1.80. The summed E-state index contributed by atoms with van der Waals surface area (Å²) in [5, 5.41) is 0. The summed E-state index contributed by atoms with van der Waals surface area (Å²) in [6.45, 7) is 4.46. The van der Waals surface area contributed by atoms with Crippen LogP contribution in [0, 0.1) is 0 Å². The Balaban J connectivity index is 1.52. The van der Waals surface area contributed by atoms with Crippen molar-refractivity contribution in [3.63, 3.8) is 0 Å². The van der Waals surface area contributed by atoms with Crippen LogP contribution in [0.4, 0.5) is 16.4 Å². The third-order valence-electron chi connectivity index (χ3n) is 5.32. The van der Waals surface area contributed by atoms with Crippen molar-refractivity contribution < 1.29 is 9.53 Å². The zero-order valence-corrected chi connectivity index (χ0v) is 14.3. The van der Waals surface area contributed by atoms with Crippen molar-refractivity contribution in [1.29, 1.82) is 0 Å². The van der Waals surface area contributed by atoms with E-state index in [1.165, 1.54) is 19.3 Å². The fourth-order valence-corrected chi connectivity index (χ4v) is 4.10. The first-order valence-electron chi connectivity index (χ1n) is 8.91. The molecule has 24 heavy (non-hydrogen) atoms. The van der Waals surface area contributed by atoms with Crippen molar-refractivity contribution in [1.82, 2.24) is 14.9 Å². The molecule has 1 amide bonds. The number of hydrogen-bond acceptors (Lipinski definition) is 6. The Kier molecular flexibility index (Phi) is 3.94. The maximum atomic E-state index is 11.8. The maximum absolute atomic E-state index is 11.8. The molecule has 0 aromatic carbocycles. The van der Waals surface area contributed by atoms with E-state index in [-0.39, 0.29) is 11.7 Å². The smallest absolute Gasteiger partial charge is 0.410 e. The van der Waals surface area contributed by atoms with Gasteiger partial charge in [0, 0.05) is 32.7 Å². The van der Waals surface area contributed by atoms with Crippen LogP contribution in [0.1, 0.15) is 32.1 Å². The Labute approximate surface area is 142 Å². The van der Waals surface area contributed by atoms with Crippen molar-refractivity contribution >= 4 is 17.7 Å². The molecule has 1 aromatic heterocycles. The van der Waals surface area contributed by atoms with E-state index in [4.69, 9.17) is 4.74 Å². The van der Waals surface area contributed by atoms with Gasteiger partial charge in [-0.05, 0) is 32.1 Å². The van der Waals surface area contributed by atoms with Crippen LogP contribution in [0.3, 0.4) is 0 Å². The molecular weight excluding hydrogens is 306 g/mol. The number of hydrogen-bond donors (Lipinski definition) is 0. The number of likely N-dealkylation sites (N-methyl/N-ethyl adjacent to an activating group) is 1. The van der Waals surface area contributed by atoms with Gasteiger partial charge in [0.05, 0.1) is 13.1 Å². The highest BCUT2D eigenvalue weighted by atomic mass is 16.6. The van der Waals surface area contributed by atoms with Crippen molar-refractivity contribution in [3.05, 3.63) is 12.4 Å². The lowest BCUT2D eigenvalue weighted by Gasteiger charge is -2.39. The topological polar surface area (TPSA) is 61.8 Å². The van der Waals surface area contributed by atoms with E-state index < -0.39 is 0 Å². The Morgan fingerprint density at radius 2 is 1.71 bits per heavy atom. The van der Waals surface area contributed by atoms with Gasteiger partial charge in [-0.1, -0.05) is 0 Å². The molecule has 0 unspecified atom stereocenters. The van der Waals surface area contributed by atoms with Crippen LogP contribution < -0.4 is 9.80 Å². The summed E-state index contributed by atoms with van der Waals surface area (Å²) >= 11 is 0. The van der Waals surface area contributed by atoms with E-state index >= 15 is 0 Å². The molecule has 130 valence electrons. The fourth-order valence-electron chi connectivity index (χ4n) is 4.10. The van der Waals surface area contributed by atoms with Crippen LogP contribution in [0.15, 0.2) is 12.4 Å². The second-order valence-corrected chi connectivity index (χ2v) is 7.21.